The monoisotopic (exact) mass is 499 g/mol. The van der Waals surface area contributed by atoms with Crippen LogP contribution in [0.5, 0.6) is 5.75 Å². The van der Waals surface area contributed by atoms with Crippen molar-refractivity contribution in [2.75, 3.05) is 6.61 Å². The molecule has 7 heteroatoms. The van der Waals surface area contributed by atoms with Crippen molar-refractivity contribution in [2.24, 2.45) is 0 Å². The second-order valence-corrected chi connectivity index (χ2v) is 8.68. The molecule has 1 heterocycles. The molecule has 0 saturated heterocycles. The SMILES string of the molecule is CCCCCOC(C(=O)Oc1ccc(-c2ccc(-c3ccc(CCCC)cc3)cn2)cc1)C(F)(F)F. The average Bonchev–Trinajstić information content (AvgIpc) is 2.87. The number of benzene rings is 2. The molecule has 0 spiro atoms. The number of hydrogen-bond donors (Lipinski definition) is 0. The van der Waals surface area contributed by atoms with Crippen molar-refractivity contribution >= 4 is 5.97 Å². The van der Waals surface area contributed by atoms with E-state index in [4.69, 9.17) is 9.47 Å². The molecule has 0 radical (unpaired) electrons. The first kappa shape index (κ1) is 27.4. The lowest BCUT2D eigenvalue weighted by atomic mass is 10.0. The van der Waals surface area contributed by atoms with Crippen molar-refractivity contribution in [1.82, 2.24) is 4.98 Å². The zero-order valence-corrected chi connectivity index (χ0v) is 20.7. The van der Waals surface area contributed by atoms with Crippen molar-refractivity contribution in [3.05, 3.63) is 72.4 Å². The van der Waals surface area contributed by atoms with Gasteiger partial charge < -0.3 is 9.47 Å². The van der Waals surface area contributed by atoms with Crippen LogP contribution < -0.4 is 4.74 Å². The predicted octanol–water partition coefficient (Wildman–Crippen LogP) is 7.80. The van der Waals surface area contributed by atoms with Gasteiger partial charge in [-0.05, 0) is 60.7 Å². The summed E-state index contributed by atoms with van der Waals surface area (Å²) in [6.07, 6.45) is -0.255. The van der Waals surface area contributed by atoms with Crippen LogP contribution in [-0.2, 0) is 16.0 Å². The maximum atomic E-state index is 13.3. The fraction of sp³-hybridized carbons (Fsp3) is 0.379. The summed E-state index contributed by atoms with van der Waals surface area (Å²) in [5.74, 6) is -1.47. The second kappa shape index (κ2) is 13.2. The fourth-order valence-electron chi connectivity index (χ4n) is 3.69. The molecule has 2 aromatic carbocycles. The van der Waals surface area contributed by atoms with Gasteiger partial charge in [0.05, 0.1) is 5.69 Å². The lowest BCUT2D eigenvalue weighted by Crippen LogP contribution is -2.42. The average molecular weight is 500 g/mol. The van der Waals surface area contributed by atoms with E-state index < -0.39 is 18.2 Å². The Labute approximate surface area is 210 Å². The zero-order chi connectivity index (χ0) is 26.0. The van der Waals surface area contributed by atoms with Crippen LogP contribution in [0, 0.1) is 0 Å². The predicted molar refractivity (Wildman–Crippen MR) is 135 cm³/mol. The summed E-state index contributed by atoms with van der Waals surface area (Å²) < 4.78 is 49.5. The highest BCUT2D eigenvalue weighted by Gasteiger charge is 2.47. The Morgan fingerprint density at radius 3 is 2.06 bits per heavy atom. The summed E-state index contributed by atoms with van der Waals surface area (Å²) in [6.45, 7) is 3.95. The maximum Gasteiger partial charge on any atom is 0.425 e. The normalized spacial score (nSPS) is 12.4. The Morgan fingerprint density at radius 1 is 0.833 bits per heavy atom. The van der Waals surface area contributed by atoms with E-state index in [1.165, 1.54) is 24.1 Å². The highest BCUT2D eigenvalue weighted by molar-refractivity contribution is 5.78. The van der Waals surface area contributed by atoms with E-state index in [0.717, 1.165) is 42.4 Å². The summed E-state index contributed by atoms with van der Waals surface area (Å²) in [5, 5.41) is 0. The molecule has 0 aliphatic rings. The summed E-state index contributed by atoms with van der Waals surface area (Å²) in [4.78, 5) is 16.7. The van der Waals surface area contributed by atoms with Crippen LogP contribution in [0.15, 0.2) is 66.9 Å². The Morgan fingerprint density at radius 2 is 1.47 bits per heavy atom. The highest BCUT2D eigenvalue weighted by atomic mass is 19.4. The molecule has 0 fully saturated rings. The van der Waals surface area contributed by atoms with E-state index in [1.54, 1.807) is 18.3 Å². The van der Waals surface area contributed by atoms with Gasteiger partial charge in [0.25, 0.3) is 6.10 Å². The number of aromatic nitrogens is 1. The van der Waals surface area contributed by atoms with Gasteiger partial charge in [-0.2, -0.15) is 13.2 Å². The summed E-state index contributed by atoms with van der Waals surface area (Å²) >= 11 is 0. The van der Waals surface area contributed by atoms with Gasteiger partial charge in [-0.15, -0.1) is 0 Å². The van der Waals surface area contributed by atoms with Gasteiger partial charge in [0.1, 0.15) is 5.75 Å². The Balaban J connectivity index is 1.62. The van der Waals surface area contributed by atoms with E-state index >= 15 is 0 Å². The molecule has 4 nitrogen and oxygen atoms in total. The number of carbonyl (C=O) groups is 1. The lowest BCUT2D eigenvalue weighted by Gasteiger charge is -2.19. The third-order valence-electron chi connectivity index (χ3n) is 5.78. The minimum Gasteiger partial charge on any atom is -0.424 e. The first-order chi connectivity index (χ1) is 17.3. The molecule has 36 heavy (non-hydrogen) atoms. The second-order valence-electron chi connectivity index (χ2n) is 8.68. The van der Waals surface area contributed by atoms with Gasteiger partial charge in [0.15, 0.2) is 0 Å². The number of unbranched alkanes of at least 4 members (excludes halogenated alkanes) is 3. The fourth-order valence-corrected chi connectivity index (χ4v) is 3.69. The molecule has 0 amide bonds. The highest BCUT2D eigenvalue weighted by Crippen LogP contribution is 2.27. The van der Waals surface area contributed by atoms with Crippen LogP contribution in [0.1, 0.15) is 51.5 Å². The molecule has 0 bridgehead atoms. The number of nitrogens with zero attached hydrogens (tertiary/aromatic N) is 1. The van der Waals surface area contributed by atoms with Gasteiger partial charge in [-0.25, -0.2) is 4.79 Å². The van der Waals surface area contributed by atoms with Crippen molar-refractivity contribution in [1.29, 1.82) is 0 Å². The van der Waals surface area contributed by atoms with Crippen molar-refractivity contribution in [3.8, 4) is 28.1 Å². The molecule has 0 aliphatic heterocycles. The molecule has 0 saturated carbocycles. The molecule has 0 aliphatic carbocycles. The van der Waals surface area contributed by atoms with Crippen LogP contribution in [-0.4, -0.2) is 29.8 Å². The minimum atomic E-state index is -4.84. The quantitative estimate of drug-likeness (QED) is 0.145. The van der Waals surface area contributed by atoms with Gasteiger partial charge in [0.2, 0.25) is 0 Å². The van der Waals surface area contributed by atoms with E-state index in [1.807, 2.05) is 19.1 Å². The van der Waals surface area contributed by atoms with Crippen LogP contribution in [0.25, 0.3) is 22.4 Å². The van der Waals surface area contributed by atoms with E-state index in [0.29, 0.717) is 12.1 Å². The van der Waals surface area contributed by atoms with Crippen molar-refractivity contribution in [3.63, 3.8) is 0 Å². The first-order valence-corrected chi connectivity index (χ1v) is 12.4. The van der Waals surface area contributed by atoms with Gasteiger partial charge >= 0.3 is 12.1 Å². The van der Waals surface area contributed by atoms with E-state index in [9.17, 15) is 18.0 Å². The summed E-state index contributed by atoms with van der Waals surface area (Å²) in [5.41, 5.74) is 4.83. The summed E-state index contributed by atoms with van der Waals surface area (Å²) in [7, 11) is 0. The van der Waals surface area contributed by atoms with E-state index in [-0.39, 0.29) is 12.4 Å². The van der Waals surface area contributed by atoms with Crippen LogP contribution >= 0.6 is 0 Å². The number of aryl methyl sites for hydroxylation is 1. The lowest BCUT2D eigenvalue weighted by molar-refractivity contribution is -0.225. The number of rotatable bonds is 12. The molecule has 3 aromatic rings. The molecule has 1 aromatic heterocycles. The molecular formula is C29H32F3NO3. The Bertz CT molecular complexity index is 1080. The molecular weight excluding hydrogens is 467 g/mol. The number of pyridine rings is 1. The van der Waals surface area contributed by atoms with Gasteiger partial charge in [-0.3, -0.25) is 4.98 Å². The topological polar surface area (TPSA) is 48.4 Å². The maximum absolute atomic E-state index is 13.3. The largest absolute Gasteiger partial charge is 0.425 e. The van der Waals surface area contributed by atoms with Crippen molar-refractivity contribution in [2.45, 2.75) is 64.7 Å². The third-order valence-corrected chi connectivity index (χ3v) is 5.78. The molecule has 192 valence electrons. The van der Waals surface area contributed by atoms with Gasteiger partial charge in [-0.1, -0.05) is 63.4 Å². The zero-order valence-electron chi connectivity index (χ0n) is 20.7. The smallest absolute Gasteiger partial charge is 0.424 e. The molecule has 1 atom stereocenters. The third kappa shape index (κ3) is 7.92. The minimum absolute atomic E-state index is 0.00920. The number of halogens is 3. The van der Waals surface area contributed by atoms with Gasteiger partial charge in [0, 0.05) is 23.9 Å². The first-order valence-electron chi connectivity index (χ1n) is 12.4. The standard InChI is InChI=1S/C29H32F3NO3/c1-3-5-7-19-35-27(29(30,31)32)28(34)36-25-16-13-23(14-17-25)26-18-15-24(20-33-26)22-11-9-21(10-12-22)8-6-4-2/h9-18,20,27H,3-8,19H2,1-2H3. The number of hydrogen-bond acceptors (Lipinski definition) is 4. The number of carbonyl (C=O) groups excluding carboxylic acids is 1. The van der Waals surface area contributed by atoms with Crippen LogP contribution in [0.3, 0.4) is 0 Å². The van der Waals surface area contributed by atoms with Crippen LogP contribution in [0.4, 0.5) is 13.2 Å². The molecule has 1 unspecified atom stereocenters. The number of ether oxygens (including phenoxy) is 2. The number of alkyl halides is 3. The number of esters is 1. The summed E-state index contributed by atoms with van der Waals surface area (Å²) in [6, 6.07) is 18.5. The molecule has 3 rings (SSSR count). The van der Waals surface area contributed by atoms with Crippen molar-refractivity contribution < 1.29 is 27.4 Å². The molecule has 0 N–H and O–H groups in total. The van der Waals surface area contributed by atoms with Crippen LogP contribution in [0.2, 0.25) is 0 Å². The Hall–Kier alpha value is -3.19. The van der Waals surface area contributed by atoms with E-state index in [2.05, 4.69) is 36.2 Å². The Kier molecular flexibility index (Phi) is 10.1.